The quantitative estimate of drug-likeness (QED) is 0.618. The highest BCUT2D eigenvalue weighted by Gasteiger charge is 2.42. The molecule has 0 bridgehead atoms. The van der Waals surface area contributed by atoms with E-state index in [-0.39, 0.29) is 36.3 Å². The Balaban J connectivity index is 1.57. The van der Waals surface area contributed by atoms with Gasteiger partial charge in [-0.1, -0.05) is 23.7 Å². The third-order valence-corrected chi connectivity index (χ3v) is 6.41. The minimum atomic E-state index is -2.95. The molecular weight excluding hydrogens is 468 g/mol. The largest absolute Gasteiger partial charge is 0.417 e. The lowest BCUT2D eigenvalue weighted by molar-refractivity contribution is -0.133. The molecule has 1 aromatic heterocycles. The molecule has 2 aliphatic heterocycles. The van der Waals surface area contributed by atoms with Gasteiger partial charge in [0.1, 0.15) is 0 Å². The summed E-state index contributed by atoms with van der Waals surface area (Å²) in [5.74, 6) is -0.129. The topological polar surface area (TPSA) is 102 Å². The first kappa shape index (κ1) is 24.2. The number of alkyl halides is 2. The van der Waals surface area contributed by atoms with Gasteiger partial charge in [-0.3, -0.25) is 9.69 Å². The summed E-state index contributed by atoms with van der Waals surface area (Å²) in [5, 5.41) is 3.48. The van der Waals surface area contributed by atoms with Crippen molar-refractivity contribution in [1.82, 2.24) is 9.88 Å². The van der Waals surface area contributed by atoms with Crippen LogP contribution in [0.2, 0.25) is 5.02 Å². The molecule has 1 saturated heterocycles. The van der Waals surface area contributed by atoms with Gasteiger partial charge in [0.05, 0.1) is 40.7 Å². The Labute approximate surface area is 201 Å². The number of pyridine rings is 1. The normalized spacial score (nSPS) is 25.3. The van der Waals surface area contributed by atoms with Crippen LogP contribution in [0.15, 0.2) is 41.5 Å². The second-order valence-corrected chi connectivity index (χ2v) is 8.98. The maximum Gasteiger partial charge on any atom is 0.388 e. The van der Waals surface area contributed by atoms with Gasteiger partial charge < -0.3 is 20.5 Å². The fourth-order valence-electron chi connectivity index (χ4n) is 4.42. The van der Waals surface area contributed by atoms with Crippen LogP contribution in [-0.2, 0) is 15.1 Å². The van der Waals surface area contributed by atoms with Crippen LogP contribution in [0, 0.1) is 0 Å². The SMILES string of the molecule is CC1CC(N2C(=O)C[C@@](C)(c3cccc(Nc4ccc(OC(F)F)nc4)c3Cl)N=C2N)CCO1. The summed E-state index contributed by atoms with van der Waals surface area (Å²) < 4.78 is 34.5. The molecule has 3 heterocycles. The zero-order valence-electron chi connectivity index (χ0n) is 18.8. The number of carbonyl (C=O) groups excluding carboxylic acids is 1. The zero-order chi connectivity index (χ0) is 24.5. The molecule has 3 N–H and O–H groups in total. The monoisotopic (exact) mass is 493 g/mol. The zero-order valence-corrected chi connectivity index (χ0v) is 19.6. The van der Waals surface area contributed by atoms with Gasteiger partial charge >= 0.3 is 6.61 Å². The molecule has 0 radical (unpaired) electrons. The van der Waals surface area contributed by atoms with Crippen LogP contribution in [0.4, 0.5) is 20.2 Å². The van der Waals surface area contributed by atoms with Crippen LogP contribution in [0.3, 0.4) is 0 Å². The van der Waals surface area contributed by atoms with Crippen LogP contribution >= 0.6 is 11.6 Å². The molecule has 2 aromatic rings. The smallest absolute Gasteiger partial charge is 0.388 e. The number of anilines is 2. The molecule has 1 aromatic carbocycles. The van der Waals surface area contributed by atoms with Crippen LogP contribution in [0.1, 0.15) is 38.7 Å². The van der Waals surface area contributed by atoms with Gasteiger partial charge in [0.25, 0.3) is 0 Å². The van der Waals surface area contributed by atoms with Crippen molar-refractivity contribution in [2.45, 2.75) is 57.4 Å². The molecule has 0 saturated carbocycles. The van der Waals surface area contributed by atoms with E-state index in [1.807, 2.05) is 19.9 Å². The molecule has 182 valence electrons. The number of benzene rings is 1. The van der Waals surface area contributed by atoms with Gasteiger partial charge in [0.15, 0.2) is 5.96 Å². The number of hydrogen-bond donors (Lipinski definition) is 2. The average Bonchev–Trinajstić information content (AvgIpc) is 2.75. The van der Waals surface area contributed by atoms with E-state index in [2.05, 4.69) is 15.0 Å². The number of ether oxygens (including phenoxy) is 2. The van der Waals surface area contributed by atoms with Crippen LogP contribution in [0.5, 0.6) is 5.88 Å². The summed E-state index contributed by atoms with van der Waals surface area (Å²) in [7, 11) is 0. The molecular formula is C23H26ClF2N5O3. The van der Waals surface area contributed by atoms with Crippen molar-refractivity contribution in [1.29, 1.82) is 0 Å². The number of carbonyl (C=O) groups is 1. The summed E-state index contributed by atoms with van der Waals surface area (Å²) in [6.07, 6.45) is 2.93. The summed E-state index contributed by atoms with van der Waals surface area (Å²) in [4.78, 5) is 23.3. The Hall–Kier alpha value is -2.98. The lowest BCUT2D eigenvalue weighted by atomic mass is 9.86. The maximum atomic E-state index is 13.2. The fourth-order valence-corrected chi connectivity index (χ4v) is 4.80. The van der Waals surface area contributed by atoms with Crippen molar-refractivity contribution in [3.63, 3.8) is 0 Å². The first-order valence-electron chi connectivity index (χ1n) is 10.9. The Morgan fingerprint density at radius 1 is 1.35 bits per heavy atom. The number of halogens is 3. The minimum absolute atomic E-state index is 0.0439. The lowest BCUT2D eigenvalue weighted by Gasteiger charge is -2.41. The van der Waals surface area contributed by atoms with E-state index in [0.717, 1.165) is 0 Å². The predicted molar refractivity (Wildman–Crippen MR) is 124 cm³/mol. The summed E-state index contributed by atoms with van der Waals surface area (Å²) in [6, 6.07) is 8.18. The Morgan fingerprint density at radius 3 is 2.79 bits per heavy atom. The molecule has 8 nitrogen and oxygen atoms in total. The second-order valence-electron chi connectivity index (χ2n) is 8.60. The number of nitrogens with one attached hydrogen (secondary N) is 1. The highest BCUT2D eigenvalue weighted by atomic mass is 35.5. The van der Waals surface area contributed by atoms with Crippen molar-refractivity contribution in [3.8, 4) is 5.88 Å². The van der Waals surface area contributed by atoms with E-state index < -0.39 is 12.2 Å². The average molecular weight is 494 g/mol. The number of hydrogen-bond acceptors (Lipinski definition) is 7. The Morgan fingerprint density at radius 2 is 2.15 bits per heavy atom. The van der Waals surface area contributed by atoms with Crippen LogP contribution in [-0.4, -0.2) is 47.1 Å². The van der Waals surface area contributed by atoms with Gasteiger partial charge in [-0.2, -0.15) is 8.78 Å². The Kier molecular flexibility index (Phi) is 6.90. The van der Waals surface area contributed by atoms with Crippen molar-refractivity contribution in [2.75, 3.05) is 11.9 Å². The number of nitrogens with two attached hydrogens (primary N) is 1. The molecule has 1 fully saturated rings. The molecule has 3 atom stereocenters. The number of aromatic nitrogens is 1. The van der Waals surface area contributed by atoms with Gasteiger partial charge in [0.2, 0.25) is 11.8 Å². The number of guanidine groups is 1. The number of amides is 1. The lowest BCUT2D eigenvalue weighted by Crippen LogP contribution is -2.56. The van der Waals surface area contributed by atoms with E-state index in [1.54, 1.807) is 23.1 Å². The third-order valence-electron chi connectivity index (χ3n) is 6.00. The van der Waals surface area contributed by atoms with Crippen molar-refractivity contribution in [3.05, 3.63) is 47.1 Å². The molecule has 2 unspecified atom stereocenters. The van der Waals surface area contributed by atoms with Gasteiger partial charge in [-0.25, -0.2) is 9.98 Å². The molecule has 0 spiro atoms. The number of rotatable bonds is 6. The highest BCUT2D eigenvalue weighted by molar-refractivity contribution is 6.34. The Bertz CT molecular complexity index is 1080. The third kappa shape index (κ3) is 5.07. The predicted octanol–water partition coefficient (Wildman–Crippen LogP) is 4.41. The molecule has 34 heavy (non-hydrogen) atoms. The van der Waals surface area contributed by atoms with E-state index in [1.165, 1.54) is 12.3 Å². The van der Waals surface area contributed by atoms with E-state index >= 15 is 0 Å². The fraction of sp³-hybridized carbons (Fsp3) is 0.435. The van der Waals surface area contributed by atoms with E-state index in [9.17, 15) is 13.6 Å². The summed E-state index contributed by atoms with van der Waals surface area (Å²) in [6.45, 7) is 1.43. The summed E-state index contributed by atoms with van der Waals surface area (Å²) in [5.41, 5.74) is 7.06. The highest BCUT2D eigenvalue weighted by Crippen LogP contribution is 2.41. The standard InChI is InChI=1S/C23H26ClF2N5O3/c1-13-10-15(8-9-33-13)31-19(32)11-23(2,30-22(31)27)16-4-3-5-17(20(16)24)29-14-6-7-18(28-12-14)34-21(25)26/h3-7,12-13,15,21,29H,8-11H2,1-2H3,(H2,27,30)/t13?,15?,23-/m0/s1. The molecule has 4 rings (SSSR count). The minimum Gasteiger partial charge on any atom is -0.417 e. The first-order valence-corrected chi connectivity index (χ1v) is 11.3. The summed E-state index contributed by atoms with van der Waals surface area (Å²) >= 11 is 6.72. The number of aliphatic imine (C=N–C) groups is 1. The van der Waals surface area contributed by atoms with E-state index in [0.29, 0.717) is 41.4 Å². The van der Waals surface area contributed by atoms with Crippen molar-refractivity contribution in [2.24, 2.45) is 10.7 Å². The van der Waals surface area contributed by atoms with Crippen LogP contribution < -0.4 is 15.8 Å². The molecule has 1 amide bonds. The number of nitrogens with zero attached hydrogens (tertiary/aromatic N) is 3. The second kappa shape index (κ2) is 9.71. The maximum absolute atomic E-state index is 13.2. The molecule has 2 aliphatic rings. The van der Waals surface area contributed by atoms with Gasteiger partial charge in [-0.05, 0) is 38.8 Å². The van der Waals surface area contributed by atoms with Crippen molar-refractivity contribution >= 4 is 34.8 Å². The van der Waals surface area contributed by atoms with Gasteiger partial charge in [-0.15, -0.1) is 0 Å². The van der Waals surface area contributed by atoms with Crippen molar-refractivity contribution < 1.29 is 23.0 Å². The van der Waals surface area contributed by atoms with E-state index in [4.69, 9.17) is 27.1 Å². The van der Waals surface area contributed by atoms with Crippen LogP contribution in [0.25, 0.3) is 0 Å². The van der Waals surface area contributed by atoms with Gasteiger partial charge in [0, 0.05) is 24.3 Å². The first-order chi connectivity index (χ1) is 16.2. The molecule has 11 heteroatoms. The molecule has 0 aliphatic carbocycles.